The molecule has 0 saturated heterocycles. The molecule has 0 aromatic heterocycles. The minimum Gasteiger partial charge on any atom is -0.379 e. The first kappa shape index (κ1) is 11.9. The molecule has 0 aromatic carbocycles. The number of rotatable bonds is 8. The van der Waals surface area contributed by atoms with Gasteiger partial charge in [0.2, 0.25) is 0 Å². The minimum atomic E-state index is 0.589. The smallest absolute Gasteiger partial charge is 0.0701 e. The molecule has 0 amide bonds. The van der Waals surface area contributed by atoms with E-state index in [1.54, 1.807) is 0 Å². The molecule has 0 aromatic rings. The van der Waals surface area contributed by atoms with Crippen molar-refractivity contribution in [2.75, 3.05) is 33.0 Å². The van der Waals surface area contributed by atoms with Crippen LogP contribution in [0.5, 0.6) is 0 Å². The molecule has 3 nitrogen and oxygen atoms in total. The molecule has 0 saturated carbocycles. The second kappa shape index (κ2) is 8.97. The SMILES string of the molecule is CCC(C)COCCOCCN. The summed E-state index contributed by atoms with van der Waals surface area (Å²) in [5.41, 5.74) is 5.25. The fourth-order valence-electron chi connectivity index (χ4n) is 0.706. The molecule has 3 heteroatoms. The van der Waals surface area contributed by atoms with Crippen molar-refractivity contribution in [1.82, 2.24) is 0 Å². The fraction of sp³-hybridized carbons (Fsp3) is 1.00. The Morgan fingerprint density at radius 1 is 1.17 bits per heavy atom. The molecule has 0 rings (SSSR count). The van der Waals surface area contributed by atoms with Crippen LogP contribution in [-0.4, -0.2) is 33.0 Å². The third-order valence-electron chi connectivity index (χ3n) is 1.73. The third kappa shape index (κ3) is 7.98. The summed E-state index contributed by atoms with van der Waals surface area (Å²) in [5.74, 6) is 0.652. The van der Waals surface area contributed by atoms with E-state index in [1.807, 2.05) is 0 Å². The van der Waals surface area contributed by atoms with Gasteiger partial charge in [-0.1, -0.05) is 20.3 Å². The van der Waals surface area contributed by atoms with Crippen molar-refractivity contribution in [2.24, 2.45) is 11.7 Å². The molecule has 0 heterocycles. The van der Waals surface area contributed by atoms with Crippen LogP contribution >= 0.6 is 0 Å². The van der Waals surface area contributed by atoms with Crippen molar-refractivity contribution in [3.05, 3.63) is 0 Å². The summed E-state index contributed by atoms with van der Waals surface area (Å²) < 4.78 is 10.5. The fourth-order valence-corrected chi connectivity index (χ4v) is 0.706. The first-order valence-electron chi connectivity index (χ1n) is 4.66. The lowest BCUT2D eigenvalue weighted by Gasteiger charge is -2.09. The quantitative estimate of drug-likeness (QED) is 0.560. The van der Waals surface area contributed by atoms with E-state index >= 15 is 0 Å². The molecule has 0 fully saturated rings. The van der Waals surface area contributed by atoms with E-state index < -0.39 is 0 Å². The van der Waals surface area contributed by atoms with Gasteiger partial charge in [-0.3, -0.25) is 0 Å². The highest BCUT2D eigenvalue weighted by Crippen LogP contribution is 1.99. The van der Waals surface area contributed by atoms with Gasteiger partial charge < -0.3 is 15.2 Å². The Labute approximate surface area is 75.2 Å². The van der Waals surface area contributed by atoms with Crippen LogP contribution < -0.4 is 5.73 Å². The van der Waals surface area contributed by atoms with Crippen molar-refractivity contribution >= 4 is 0 Å². The predicted molar refractivity (Wildman–Crippen MR) is 50.1 cm³/mol. The van der Waals surface area contributed by atoms with Crippen LogP contribution in [-0.2, 0) is 9.47 Å². The van der Waals surface area contributed by atoms with Crippen LogP contribution in [0.2, 0.25) is 0 Å². The Morgan fingerprint density at radius 3 is 2.42 bits per heavy atom. The van der Waals surface area contributed by atoms with E-state index in [0.29, 0.717) is 32.3 Å². The number of nitrogens with two attached hydrogens (primary N) is 1. The van der Waals surface area contributed by atoms with Crippen LogP contribution in [0.25, 0.3) is 0 Å². The maximum absolute atomic E-state index is 5.37. The van der Waals surface area contributed by atoms with Crippen molar-refractivity contribution < 1.29 is 9.47 Å². The molecule has 1 unspecified atom stereocenters. The molecule has 12 heavy (non-hydrogen) atoms. The van der Waals surface area contributed by atoms with Gasteiger partial charge in [0.15, 0.2) is 0 Å². The van der Waals surface area contributed by atoms with E-state index in [4.69, 9.17) is 15.2 Å². The van der Waals surface area contributed by atoms with Crippen LogP contribution in [0.1, 0.15) is 20.3 Å². The highest BCUT2D eigenvalue weighted by molar-refractivity contribution is 4.45. The monoisotopic (exact) mass is 175 g/mol. The molecule has 0 spiro atoms. The summed E-state index contributed by atoms with van der Waals surface area (Å²) in [6.45, 7) is 7.75. The summed E-state index contributed by atoms with van der Waals surface area (Å²) in [4.78, 5) is 0. The Kier molecular flexibility index (Phi) is 8.88. The molecule has 0 bridgehead atoms. The summed E-state index contributed by atoms with van der Waals surface area (Å²) in [5, 5.41) is 0. The molecule has 0 aliphatic heterocycles. The summed E-state index contributed by atoms with van der Waals surface area (Å²) >= 11 is 0. The summed E-state index contributed by atoms with van der Waals surface area (Å²) in [6, 6.07) is 0. The van der Waals surface area contributed by atoms with Crippen LogP contribution in [0.4, 0.5) is 0 Å². The van der Waals surface area contributed by atoms with Crippen molar-refractivity contribution in [3.63, 3.8) is 0 Å². The number of hydrogen-bond donors (Lipinski definition) is 1. The van der Waals surface area contributed by atoms with Gasteiger partial charge in [0.05, 0.1) is 19.8 Å². The third-order valence-corrected chi connectivity index (χ3v) is 1.73. The van der Waals surface area contributed by atoms with Gasteiger partial charge >= 0.3 is 0 Å². The highest BCUT2D eigenvalue weighted by Gasteiger charge is 1.97. The lowest BCUT2D eigenvalue weighted by Crippen LogP contribution is -2.13. The maximum atomic E-state index is 5.37. The van der Waals surface area contributed by atoms with Crippen LogP contribution in [0, 0.1) is 5.92 Å². The predicted octanol–water partition coefficient (Wildman–Crippen LogP) is 1.02. The molecule has 0 aliphatic carbocycles. The second-order valence-corrected chi connectivity index (χ2v) is 2.99. The molecule has 1 atom stereocenters. The van der Waals surface area contributed by atoms with Gasteiger partial charge in [-0.2, -0.15) is 0 Å². The average Bonchev–Trinajstić information content (AvgIpc) is 2.10. The molecular formula is C9H21NO2. The van der Waals surface area contributed by atoms with E-state index in [0.717, 1.165) is 6.61 Å². The Balaban J connectivity index is 2.90. The van der Waals surface area contributed by atoms with Gasteiger partial charge in [-0.15, -0.1) is 0 Å². The van der Waals surface area contributed by atoms with Crippen LogP contribution in [0.3, 0.4) is 0 Å². The number of hydrogen-bond acceptors (Lipinski definition) is 3. The van der Waals surface area contributed by atoms with Gasteiger partial charge in [0.1, 0.15) is 0 Å². The zero-order chi connectivity index (χ0) is 9.23. The zero-order valence-corrected chi connectivity index (χ0v) is 8.21. The molecule has 0 aliphatic rings. The van der Waals surface area contributed by atoms with Gasteiger partial charge in [-0.05, 0) is 5.92 Å². The molecule has 0 radical (unpaired) electrons. The highest BCUT2D eigenvalue weighted by atomic mass is 16.5. The Bertz CT molecular complexity index is 88.6. The Morgan fingerprint density at radius 2 is 1.83 bits per heavy atom. The lowest BCUT2D eigenvalue weighted by molar-refractivity contribution is 0.0377. The molecule has 74 valence electrons. The van der Waals surface area contributed by atoms with Crippen molar-refractivity contribution in [3.8, 4) is 0 Å². The second-order valence-electron chi connectivity index (χ2n) is 2.99. The van der Waals surface area contributed by atoms with Gasteiger partial charge in [0.25, 0.3) is 0 Å². The standard InChI is InChI=1S/C9H21NO2/c1-3-9(2)8-12-7-6-11-5-4-10/h9H,3-8,10H2,1-2H3. The van der Waals surface area contributed by atoms with E-state index in [9.17, 15) is 0 Å². The van der Waals surface area contributed by atoms with Gasteiger partial charge in [-0.25, -0.2) is 0 Å². The summed E-state index contributed by atoms with van der Waals surface area (Å²) in [6.07, 6.45) is 1.17. The number of ether oxygens (including phenoxy) is 2. The topological polar surface area (TPSA) is 44.5 Å². The largest absolute Gasteiger partial charge is 0.379 e. The minimum absolute atomic E-state index is 0.589. The van der Waals surface area contributed by atoms with Crippen LogP contribution in [0.15, 0.2) is 0 Å². The molecular weight excluding hydrogens is 154 g/mol. The van der Waals surface area contributed by atoms with E-state index in [-0.39, 0.29) is 0 Å². The first-order chi connectivity index (χ1) is 5.81. The summed E-state index contributed by atoms with van der Waals surface area (Å²) in [7, 11) is 0. The first-order valence-corrected chi connectivity index (χ1v) is 4.66. The van der Waals surface area contributed by atoms with Crippen molar-refractivity contribution in [1.29, 1.82) is 0 Å². The van der Waals surface area contributed by atoms with Gasteiger partial charge in [0, 0.05) is 13.2 Å². The normalized spacial score (nSPS) is 13.2. The zero-order valence-electron chi connectivity index (χ0n) is 8.21. The molecule has 2 N–H and O–H groups in total. The average molecular weight is 175 g/mol. The van der Waals surface area contributed by atoms with E-state index in [2.05, 4.69) is 13.8 Å². The van der Waals surface area contributed by atoms with E-state index in [1.165, 1.54) is 6.42 Å². The Hall–Kier alpha value is -0.120. The van der Waals surface area contributed by atoms with Crippen molar-refractivity contribution in [2.45, 2.75) is 20.3 Å². The maximum Gasteiger partial charge on any atom is 0.0701 e. The lowest BCUT2D eigenvalue weighted by atomic mass is 10.1.